The predicted molar refractivity (Wildman–Crippen MR) is 111 cm³/mol. The molecule has 4 aromatic rings. The zero-order valence-corrected chi connectivity index (χ0v) is 15.9. The van der Waals surface area contributed by atoms with Crippen molar-refractivity contribution in [2.45, 2.75) is 33.2 Å². The van der Waals surface area contributed by atoms with E-state index in [1.807, 2.05) is 12.1 Å². The molecule has 0 saturated carbocycles. The first-order chi connectivity index (χ1) is 12.5. The highest BCUT2D eigenvalue weighted by atomic mass is 16.3. The predicted octanol–water partition coefficient (Wildman–Crippen LogP) is 6.66. The van der Waals surface area contributed by atoms with E-state index in [1.165, 1.54) is 27.6 Å². The molecular formula is C24H25NO. The number of furan rings is 1. The van der Waals surface area contributed by atoms with Gasteiger partial charge < -0.3 is 9.32 Å². The minimum absolute atomic E-state index is 0.174. The second-order valence-corrected chi connectivity index (χ2v) is 7.37. The summed E-state index contributed by atoms with van der Waals surface area (Å²) in [6, 6.07) is 23.4. The van der Waals surface area contributed by atoms with Crippen LogP contribution in [0.5, 0.6) is 0 Å². The summed E-state index contributed by atoms with van der Waals surface area (Å²) in [5, 5.41) is 2.41. The minimum Gasteiger partial charge on any atom is -0.456 e. The summed E-state index contributed by atoms with van der Waals surface area (Å²) in [4.78, 5) is 2.48. The standard InChI is InChI=1S/C24H25NO/c1-5-25(20-14-8-6-11-17(20)2)24(3,4)19-13-10-16-22-23(19)18-12-7-9-15-21(18)26-22/h6-16H,5H2,1-4H3. The quantitative estimate of drug-likeness (QED) is 0.412. The van der Waals surface area contributed by atoms with Crippen molar-refractivity contribution in [2.24, 2.45) is 0 Å². The maximum absolute atomic E-state index is 6.11. The fraction of sp³-hybridized carbons (Fsp3) is 0.250. The molecule has 0 N–H and O–H groups in total. The van der Waals surface area contributed by atoms with Crippen LogP contribution in [0.2, 0.25) is 0 Å². The van der Waals surface area contributed by atoms with E-state index >= 15 is 0 Å². The van der Waals surface area contributed by atoms with Crippen molar-refractivity contribution in [3.8, 4) is 0 Å². The average molecular weight is 343 g/mol. The van der Waals surface area contributed by atoms with Gasteiger partial charge in [0.05, 0.1) is 5.54 Å². The third-order valence-corrected chi connectivity index (χ3v) is 5.46. The summed E-state index contributed by atoms with van der Waals surface area (Å²) in [6.45, 7) is 9.95. The molecule has 0 saturated heterocycles. The first kappa shape index (κ1) is 16.7. The maximum Gasteiger partial charge on any atom is 0.135 e. The lowest BCUT2D eigenvalue weighted by Crippen LogP contribution is -2.42. The molecule has 0 atom stereocenters. The van der Waals surface area contributed by atoms with Crippen molar-refractivity contribution in [3.63, 3.8) is 0 Å². The molecule has 0 fully saturated rings. The molecule has 0 amide bonds. The van der Waals surface area contributed by atoms with Crippen LogP contribution in [-0.4, -0.2) is 6.54 Å². The Morgan fingerprint density at radius 3 is 2.31 bits per heavy atom. The molecule has 4 rings (SSSR count). The fourth-order valence-corrected chi connectivity index (χ4v) is 4.16. The van der Waals surface area contributed by atoms with Crippen LogP contribution in [0.25, 0.3) is 21.9 Å². The Hall–Kier alpha value is -2.74. The van der Waals surface area contributed by atoms with Gasteiger partial charge in [-0.25, -0.2) is 0 Å². The summed E-state index contributed by atoms with van der Waals surface area (Å²) < 4.78 is 6.11. The SMILES string of the molecule is CCN(c1ccccc1C)C(C)(C)c1cccc2oc3ccccc3c12. The van der Waals surface area contributed by atoms with Crippen molar-refractivity contribution in [1.29, 1.82) is 0 Å². The molecule has 2 heteroatoms. The molecule has 26 heavy (non-hydrogen) atoms. The van der Waals surface area contributed by atoms with Gasteiger partial charge in [-0.3, -0.25) is 0 Å². The number of rotatable bonds is 4. The van der Waals surface area contributed by atoms with Crippen LogP contribution in [0.1, 0.15) is 31.9 Å². The largest absolute Gasteiger partial charge is 0.456 e. The van der Waals surface area contributed by atoms with E-state index in [1.54, 1.807) is 0 Å². The summed E-state index contributed by atoms with van der Waals surface area (Å²) >= 11 is 0. The molecule has 0 aliphatic heterocycles. The monoisotopic (exact) mass is 343 g/mol. The number of hydrogen-bond acceptors (Lipinski definition) is 2. The smallest absolute Gasteiger partial charge is 0.135 e. The fourth-order valence-electron chi connectivity index (χ4n) is 4.16. The second-order valence-electron chi connectivity index (χ2n) is 7.37. The normalized spacial score (nSPS) is 12.0. The number of anilines is 1. The van der Waals surface area contributed by atoms with Crippen molar-refractivity contribution < 1.29 is 4.42 Å². The van der Waals surface area contributed by atoms with Gasteiger partial charge in [-0.05, 0) is 57.0 Å². The lowest BCUT2D eigenvalue weighted by molar-refractivity contribution is 0.493. The van der Waals surface area contributed by atoms with E-state index in [0.29, 0.717) is 0 Å². The molecular weight excluding hydrogens is 318 g/mol. The summed E-state index contributed by atoms with van der Waals surface area (Å²) in [7, 11) is 0. The third-order valence-electron chi connectivity index (χ3n) is 5.46. The van der Waals surface area contributed by atoms with Crippen LogP contribution in [0.15, 0.2) is 71.1 Å². The van der Waals surface area contributed by atoms with Gasteiger partial charge in [0.25, 0.3) is 0 Å². The van der Waals surface area contributed by atoms with Crippen LogP contribution >= 0.6 is 0 Å². The van der Waals surface area contributed by atoms with Gasteiger partial charge in [0.1, 0.15) is 11.2 Å². The number of fused-ring (bicyclic) bond motifs is 3. The van der Waals surface area contributed by atoms with Crippen LogP contribution < -0.4 is 4.90 Å². The van der Waals surface area contributed by atoms with E-state index in [4.69, 9.17) is 4.42 Å². The molecule has 0 radical (unpaired) electrons. The van der Waals surface area contributed by atoms with E-state index in [0.717, 1.165) is 17.7 Å². The molecule has 132 valence electrons. The first-order valence-electron chi connectivity index (χ1n) is 9.28. The van der Waals surface area contributed by atoms with E-state index in [2.05, 4.69) is 87.2 Å². The molecule has 3 aromatic carbocycles. The first-order valence-corrected chi connectivity index (χ1v) is 9.28. The van der Waals surface area contributed by atoms with Gasteiger partial charge >= 0.3 is 0 Å². The molecule has 0 bridgehead atoms. The van der Waals surface area contributed by atoms with Crippen molar-refractivity contribution in [2.75, 3.05) is 11.4 Å². The molecule has 1 aromatic heterocycles. The molecule has 1 heterocycles. The minimum atomic E-state index is -0.174. The highest BCUT2D eigenvalue weighted by Crippen LogP contribution is 2.40. The number of nitrogens with zero attached hydrogens (tertiary/aromatic N) is 1. The zero-order valence-electron chi connectivity index (χ0n) is 15.9. The number of hydrogen-bond donors (Lipinski definition) is 0. The van der Waals surface area contributed by atoms with Gasteiger partial charge in [0, 0.05) is 23.0 Å². The molecule has 0 aliphatic carbocycles. The number of benzene rings is 3. The highest BCUT2D eigenvalue weighted by Gasteiger charge is 2.31. The molecule has 2 nitrogen and oxygen atoms in total. The van der Waals surface area contributed by atoms with Gasteiger partial charge in [-0.1, -0.05) is 48.5 Å². The van der Waals surface area contributed by atoms with Gasteiger partial charge in [-0.15, -0.1) is 0 Å². The maximum atomic E-state index is 6.11. The van der Waals surface area contributed by atoms with Crippen molar-refractivity contribution in [1.82, 2.24) is 0 Å². The summed E-state index contributed by atoms with van der Waals surface area (Å²) in [6.07, 6.45) is 0. The molecule has 0 spiro atoms. The lowest BCUT2D eigenvalue weighted by atomic mass is 9.87. The number of aryl methyl sites for hydroxylation is 1. The van der Waals surface area contributed by atoms with E-state index in [-0.39, 0.29) is 5.54 Å². The van der Waals surface area contributed by atoms with Gasteiger partial charge in [0.15, 0.2) is 0 Å². The lowest BCUT2D eigenvalue weighted by Gasteiger charge is -2.41. The number of para-hydroxylation sites is 2. The topological polar surface area (TPSA) is 16.4 Å². The molecule has 0 aliphatic rings. The van der Waals surface area contributed by atoms with Crippen LogP contribution in [0.3, 0.4) is 0 Å². The summed E-state index contributed by atoms with van der Waals surface area (Å²) in [5.74, 6) is 0. The highest BCUT2D eigenvalue weighted by molar-refractivity contribution is 6.07. The Morgan fingerprint density at radius 1 is 0.846 bits per heavy atom. The van der Waals surface area contributed by atoms with Crippen molar-refractivity contribution >= 4 is 27.6 Å². The Bertz CT molecular complexity index is 1070. The average Bonchev–Trinajstić information content (AvgIpc) is 3.02. The molecule has 0 unspecified atom stereocenters. The Balaban J connectivity index is 1.97. The van der Waals surface area contributed by atoms with Gasteiger partial charge in [0.2, 0.25) is 0 Å². The van der Waals surface area contributed by atoms with Crippen LogP contribution in [0, 0.1) is 6.92 Å². The van der Waals surface area contributed by atoms with Crippen LogP contribution in [0.4, 0.5) is 5.69 Å². The van der Waals surface area contributed by atoms with Crippen molar-refractivity contribution in [3.05, 3.63) is 77.9 Å². The van der Waals surface area contributed by atoms with E-state index in [9.17, 15) is 0 Å². The third kappa shape index (κ3) is 2.48. The van der Waals surface area contributed by atoms with Gasteiger partial charge in [-0.2, -0.15) is 0 Å². The van der Waals surface area contributed by atoms with Crippen LogP contribution in [-0.2, 0) is 5.54 Å². The Labute approximate surface area is 155 Å². The Morgan fingerprint density at radius 2 is 1.54 bits per heavy atom. The zero-order chi connectivity index (χ0) is 18.3. The Kier molecular flexibility index (Phi) is 3.99. The second kappa shape index (κ2) is 6.21. The summed E-state index contributed by atoms with van der Waals surface area (Å²) in [5.41, 5.74) is 5.61. The van der Waals surface area contributed by atoms with E-state index < -0.39 is 0 Å².